The second kappa shape index (κ2) is 8.58. The Morgan fingerprint density at radius 1 is 1.25 bits per heavy atom. The lowest BCUT2D eigenvalue weighted by Gasteiger charge is -2.53. The molecule has 0 aromatic heterocycles. The molecular weight excluding hydrogens is 466 g/mol. The van der Waals surface area contributed by atoms with Crippen molar-refractivity contribution in [1.29, 1.82) is 0 Å². The first-order valence-electron chi connectivity index (χ1n) is 10.9. The average molecular weight is 498 g/mol. The molecule has 1 aromatic rings. The van der Waals surface area contributed by atoms with Crippen LogP contribution in [0.2, 0.25) is 0 Å². The van der Waals surface area contributed by atoms with Gasteiger partial charge in [-0.1, -0.05) is 59.3 Å². The van der Waals surface area contributed by atoms with E-state index in [4.69, 9.17) is 0 Å². The van der Waals surface area contributed by atoms with Gasteiger partial charge in [0, 0.05) is 16.4 Å². The lowest BCUT2D eigenvalue weighted by atomic mass is 9.56. The van der Waals surface area contributed by atoms with Crippen LogP contribution < -0.4 is 10.6 Å². The van der Waals surface area contributed by atoms with Gasteiger partial charge in [0.2, 0.25) is 5.91 Å². The molecule has 2 N–H and O–H groups in total. The Kier molecular flexibility index (Phi) is 6.31. The highest BCUT2D eigenvalue weighted by Gasteiger charge is 2.50. The van der Waals surface area contributed by atoms with Gasteiger partial charge in [0.15, 0.2) is 0 Å². The van der Waals surface area contributed by atoms with Crippen LogP contribution in [0.15, 0.2) is 30.3 Å². The second-order valence-corrected chi connectivity index (χ2v) is 11.6. The number of carbonyl (C=O) groups excluding carboxylic acids is 1. The number of fused-ring (bicyclic) bond motifs is 2. The zero-order chi connectivity index (χ0) is 19.6. The maximum absolute atomic E-state index is 14.0. The molecule has 2 aliphatic carbocycles. The van der Waals surface area contributed by atoms with E-state index in [0.29, 0.717) is 28.7 Å². The number of halogens is 2. The molecule has 0 spiro atoms. The highest BCUT2D eigenvalue weighted by atomic mass is 127. The standard InChI is InChI=1S/C23H32FIN2O/c24-19-15-26-12-9-20(19)27-21(28)8-7-17-13-22(18-5-2-1-3-6-18)10-4-11-23(25,14-17)16-22/h1-3,5-6,17,19-20,26H,4,7-16H2,(H,27,28)/t17?,19-,20-,22-,23+/m1/s1. The van der Waals surface area contributed by atoms with Crippen LogP contribution in [0.4, 0.5) is 4.39 Å². The zero-order valence-corrected chi connectivity index (χ0v) is 18.7. The van der Waals surface area contributed by atoms with Gasteiger partial charge in [-0.2, -0.15) is 0 Å². The van der Waals surface area contributed by atoms with Crippen molar-refractivity contribution < 1.29 is 9.18 Å². The molecule has 1 aromatic carbocycles. The van der Waals surface area contributed by atoms with Crippen LogP contribution in [0.5, 0.6) is 0 Å². The van der Waals surface area contributed by atoms with Crippen LogP contribution in [0, 0.1) is 5.92 Å². The molecule has 2 saturated carbocycles. The lowest BCUT2D eigenvalue weighted by Crippen LogP contribution is -2.51. The second-order valence-electron chi connectivity index (χ2n) is 9.32. The van der Waals surface area contributed by atoms with E-state index >= 15 is 0 Å². The van der Waals surface area contributed by atoms with Crippen LogP contribution in [0.25, 0.3) is 0 Å². The molecule has 28 heavy (non-hydrogen) atoms. The van der Waals surface area contributed by atoms with Gasteiger partial charge in [-0.05, 0) is 68.4 Å². The summed E-state index contributed by atoms with van der Waals surface area (Å²) in [4.78, 5) is 12.5. The molecule has 154 valence electrons. The van der Waals surface area contributed by atoms with Crippen molar-refractivity contribution in [3.63, 3.8) is 0 Å². The molecule has 1 aliphatic heterocycles. The van der Waals surface area contributed by atoms with Gasteiger partial charge in [-0.3, -0.25) is 4.79 Å². The fraction of sp³-hybridized carbons (Fsp3) is 0.696. The summed E-state index contributed by atoms with van der Waals surface area (Å²) in [5.74, 6) is 0.604. The first-order valence-corrected chi connectivity index (χ1v) is 11.9. The van der Waals surface area contributed by atoms with Crippen LogP contribution >= 0.6 is 22.6 Å². The van der Waals surface area contributed by atoms with Crippen LogP contribution in [0.1, 0.15) is 63.4 Å². The molecule has 1 unspecified atom stereocenters. The predicted molar refractivity (Wildman–Crippen MR) is 120 cm³/mol. The number of amides is 1. The molecule has 1 heterocycles. The maximum atomic E-state index is 14.0. The number of hydrogen-bond acceptors (Lipinski definition) is 2. The minimum atomic E-state index is -0.967. The van der Waals surface area contributed by atoms with E-state index in [1.807, 2.05) is 0 Å². The van der Waals surface area contributed by atoms with Crippen molar-refractivity contribution in [3.05, 3.63) is 35.9 Å². The van der Waals surface area contributed by atoms with E-state index < -0.39 is 6.17 Å². The zero-order valence-electron chi connectivity index (χ0n) is 16.6. The Bertz CT molecular complexity index is 686. The SMILES string of the molecule is O=C(CCC1C[C@@]2(I)CCC[C@@](c3ccccc3)(C1)C2)N[C@@H]1CCNC[C@H]1F. The fourth-order valence-electron chi connectivity index (χ4n) is 5.97. The number of alkyl halides is 2. The smallest absolute Gasteiger partial charge is 0.220 e. The molecule has 1 saturated heterocycles. The van der Waals surface area contributed by atoms with Crippen molar-refractivity contribution in [1.82, 2.24) is 10.6 Å². The number of piperidine rings is 1. The summed E-state index contributed by atoms with van der Waals surface area (Å²) in [5.41, 5.74) is 1.76. The normalized spacial score (nSPS) is 38.0. The number of hydrogen-bond donors (Lipinski definition) is 2. The van der Waals surface area contributed by atoms with E-state index in [1.165, 1.54) is 44.1 Å². The third kappa shape index (κ3) is 4.55. The number of rotatable bonds is 5. The van der Waals surface area contributed by atoms with E-state index in [2.05, 4.69) is 63.6 Å². The molecule has 3 aliphatic rings. The third-order valence-corrected chi connectivity index (χ3v) is 8.55. The summed E-state index contributed by atoms with van der Waals surface area (Å²) in [7, 11) is 0. The third-order valence-electron chi connectivity index (χ3n) is 7.19. The Labute approximate surface area is 181 Å². The highest BCUT2D eigenvalue weighted by molar-refractivity contribution is 14.1. The molecule has 4 rings (SSSR count). The first kappa shape index (κ1) is 20.6. The molecule has 0 radical (unpaired) electrons. The van der Waals surface area contributed by atoms with E-state index in [9.17, 15) is 9.18 Å². The van der Waals surface area contributed by atoms with E-state index in [0.717, 1.165) is 13.0 Å². The largest absolute Gasteiger partial charge is 0.350 e. The molecule has 2 bridgehead atoms. The Balaban J connectivity index is 1.39. The van der Waals surface area contributed by atoms with Gasteiger partial charge in [0.25, 0.3) is 0 Å². The summed E-state index contributed by atoms with van der Waals surface area (Å²) in [6, 6.07) is 10.7. The summed E-state index contributed by atoms with van der Waals surface area (Å²) >= 11 is 2.72. The summed E-state index contributed by atoms with van der Waals surface area (Å²) in [5, 5.41) is 5.99. The molecular formula is C23H32FIN2O. The molecule has 3 nitrogen and oxygen atoms in total. The fourth-order valence-corrected chi connectivity index (χ4v) is 7.71. The number of nitrogens with one attached hydrogen (secondary N) is 2. The van der Waals surface area contributed by atoms with E-state index in [-0.39, 0.29) is 17.4 Å². The van der Waals surface area contributed by atoms with Gasteiger partial charge in [-0.25, -0.2) is 4.39 Å². The molecule has 1 amide bonds. The lowest BCUT2D eigenvalue weighted by molar-refractivity contribution is -0.122. The monoisotopic (exact) mass is 498 g/mol. The highest BCUT2D eigenvalue weighted by Crippen LogP contribution is 2.58. The number of benzene rings is 1. The minimum Gasteiger partial charge on any atom is -0.350 e. The quantitative estimate of drug-likeness (QED) is 0.458. The van der Waals surface area contributed by atoms with E-state index in [1.54, 1.807) is 0 Å². The van der Waals surface area contributed by atoms with Gasteiger partial charge in [-0.15, -0.1) is 0 Å². The van der Waals surface area contributed by atoms with Gasteiger partial charge in [0.1, 0.15) is 6.17 Å². The van der Waals surface area contributed by atoms with Crippen molar-refractivity contribution in [2.45, 2.75) is 78.8 Å². The topological polar surface area (TPSA) is 41.1 Å². The van der Waals surface area contributed by atoms with Gasteiger partial charge < -0.3 is 10.6 Å². The number of carbonyl (C=O) groups is 1. The van der Waals surface area contributed by atoms with Crippen LogP contribution in [-0.2, 0) is 10.2 Å². The average Bonchev–Trinajstić information content (AvgIpc) is 2.68. The van der Waals surface area contributed by atoms with Crippen molar-refractivity contribution in [2.75, 3.05) is 13.1 Å². The summed E-state index contributed by atoms with van der Waals surface area (Å²) in [6.07, 6.45) is 8.71. The van der Waals surface area contributed by atoms with Crippen molar-refractivity contribution >= 4 is 28.5 Å². The Morgan fingerprint density at radius 3 is 2.86 bits per heavy atom. The van der Waals surface area contributed by atoms with Crippen molar-refractivity contribution in [2.24, 2.45) is 5.92 Å². The minimum absolute atomic E-state index is 0.0292. The van der Waals surface area contributed by atoms with Crippen LogP contribution in [0.3, 0.4) is 0 Å². The maximum Gasteiger partial charge on any atom is 0.220 e. The molecule has 5 atom stereocenters. The van der Waals surface area contributed by atoms with Gasteiger partial charge in [0.05, 0.1) is 6.04 Å². The van der Waals surface area contributed by atoms with Gasteiger partial charge >= 0.3 is 0 Å². The predicted octanol–water partition coefficient (Wildman–Crippen LogP) is 4.68. The molecule has 5 heteroatoms. The summed E-state index contributed by atoms with van der Waals surface area (Å²) in [6.45, 7) is 1.13. The first-order chi connectivity index (χ1) is 13.5. The Hall–Kier alpha value is -0.690. The van der Waals surface area contributed by atoms with Crippen molar-refractivity contribution in [3.8, 4) is 0 Å². The Morgan fingerprint density at radius 2 is 2.07 bits per heavy atom. The summed E-state index contributed by atoms with van der Waals surface area (Å²) < 4.78 is 14.3. The molecule has 3 fully saturated rings. The van der Waals surface area contributed by atoms with Crippen LogP contribution in [-0.4, -0.2) is 34.6 Å².